The molecule has 63 heavy (non-hydrogen) atoms. The van der Waals surface area contributed by atoms with Crippen LogP contribution in [0.15, 0.2) is 255 Å². The van der Waals surface area contributed by atoms with Crippen LogP contribution in [-0.4, -0.2) is 17.2 Å². The number of aromatic nitrogens is 2. The van der Waals surface area contributed by atoms with E-state index in [9.17, 15) is 5.48 Å². The molecule has 12 aromatic rings. The molecule has 2 nitrogen and oxygen atoms in total. The standard InChI is InChI=1S/C60H42N2Si/c1-6-23-43(24-7-1)52-41-48(63(45-27-10-3-11-28-45,46-29-12-4-13-30-46)47-31-14-5-15-32-47)42-53(44-25-8-2-9-26-44)60(52)62-56-38-21-18-35-51(56)59-57(39-22-40-58(59)62)61-54-36-19-16-33-49(54)50-34-17-20-37-55(50)61/h1-42H/i1D,2D,6D,7D,8D,9D,23D,24D,25D,26D. The van der Waals surface area contributed by atoms with E-state index in [-0.39, 0.29) is 27.9 Å². The number of rotatable bonds is 8. The lowest BCUT2D eigenvalue weighted by atomic mass is 9.95. The number of nitrogens with zero attached hydrogens (tertiary/aromatic N) is 2. The third kappa shape index (κ3) is 5.78. The largest absolute Gasteiger partial charge is 0.309 e. The number of benzene rings is 10. The van der Waals surface area contributed by atoms with Gasteiger partial charge in [-0.2, -0.15) is 0 Å². The Hall–Kier alpha value is -7.98. The second-order valence-corrected chi connectivity index (χ2v) is 19.5. The summed E-state index contributed by atoms with van der Waals surface area (Å²) in [5.41, 5.74) is 4.72. The highest BCUT2D eigenvalue weighted by molar-refractivity contribution is 7.20. The van der Waals surface area contributed by atoms with Crippen LogP contribution in [0.3, 0.4) is 0 Å². The van der Waals surface area contributed by atoms with Crippen molar-refractivity contribution in [1.29, 1.82) is 0 Å². The second-order valence-electron chi connectivity index (χ2n) is 15.7. The average molecular weight is 829 g/mol. The van der Waals surface area contributed by atoms with Crippen LogP contribution < -0.4 is 20.7 Å². The Morgan fingerprint density at radius 3 is 1.21 bits per heavy atom. The molecule has 0 atom stereocenters. The van der Waals surface area contributed by atoms with Crippen LogP contribution in [-0.2, 0) is 0 Å². The maximum atomic E-state index is 9.74. The highest BCUT2D eigenvalue weighted by Gasteiger charge is 2.42. The molecule has 0 amide bonds. The first kappa shape index (κ1) is 27.8. The van der Waals surface area contributed by atoms with Crippen LogP contribution in [0.25, 0.3) is 77.2 Å². The van der Waals surface area contributed by atoms with Gasteiger partial charge < -0.3 is 9.13 Å². The second kappa shape index (κ2) is 15.2. The SMILES string of the molecule is [2H]c1c([2H])c([2H])c(-c2cc([Si](c3ccccc3)(c3ccccc3)c3ccccc3)cc(-c3c([2H])c([2H])c([2H])c([2H])c3[2H])c2-n2c3ccccc3c3c(-n4c5ccccc5c5ccccc54)cccc32)c([2H])c1[2H]. The first-order valence-corrected chi connectivity index (χ1v) is 23.0. The van der Waals surface area contributed by atoms with Crippen molar-refractivity contribution in [2.24, 2.45) is 0 Å². The zero-order chi connectivity index (χ0) is 50.4. The zero-order valence-corrected chi connectivity index (χ0v) is 34.9. The van der Waals surface area contributed by atoms with E-state index in [0.29, 0.717) is 16.2 Å². The molecule has 3 heteroatoms. The molecule has 2 aromatic heterocycles. The van der Waals surface area contributed by atoms with Crippen LogP contribution >= 0.6 is 0 Å². The summed E-state index contributed by atoms with van der Waals surface area (Å²) in [6, 6.07) is 59.5. The summed E-state index contributed by atoms with van der Waals surface area (Å²) in [7, 11) is -3.61. The summed E-state index contributed by atoms with van der Waals surface area (Å²) in [4.78, 5) is 0. The fourth-order valence-corrected chi connectivity index (χ4v) is 14.7. The molecule has 0 saturated carbocycles. The molecule has 12 rings (SSSR count). The van der Waals surface area contributed by atoms with Crippen molar-refractivity contribution in [3.8, 4) is 33.6 Å². The topological polar surface area (TPSA) is 9.86 Å². The average Bonchev–Trinajstić information content (AvgIpc) is 3.95. The van der Waals surface area contributed by atoms with E-state index in [0.717, 1.165) is 53.8 Å². The van der Waals surface area contributed by atoms with Gasteiger partial charge in [0.2, 0.25) is 0 Å². The molecular weight excluding hydrogens is 777 g/mol. The Bertz CT molecular complexity index is 3910. The van der Waals surface area contributed by atoms with Crippen LogP contribution in [0.5, 0.6) is 0 Å². The Balaban J connectivity index is 1.35. The summed E-state index contributed by atoms with van der Waals surface area (Å²) in [6.45, 7) is 0. The number of fused-ring (bicyclic) bond motifs is 6. The van der Waals surface area contributed by atoms with Crippen LogP contribution in [0.4, 0.5) is 0 Å². The third-order valence-corrected chi connectivity index (χ3v) is 17.2. The molecular formula is C60H42N2Si. The quantitative estimate of drug-likeness (QED) is 0.107. The van der Waals surface area contributed by atoms with Crippen LogP contribution in [0.1, 0.15) is 13.7 Å². The zero-order valence-electron chi connectivity index (χ0n) is 43.9. The lowest BCUT2D eigenvalue weighted by Gasteiger charge is -2.36. The fraction of sp³-hybridized carbons (Fsp3) is 0. The molecule has 0 radical (unpaired) electrons. The molecule has 0 aliphatic heterocycles. The molecule has 0 N–H and O–H groups in total. The van der Waals surface area contributed by atoms with Crippen LogP contribution in [0, 0.1) is 0 Å². The van der Waals surface area contributed by atoms with Crippen molar-refractivity contribution in [3.63, 3.8) is 0 Å². The Labute approximate surface area is 382 Å². The van der Waals surface area contributed by atoms with E-state index in [1.54, 1.807) is 0 Å². The van der Waals surface area contributed by atoms with Crippen molar-refractivity contribution in [2.45, 2.75) is 0 Å². The maximum absolute atomic E-state index is 9.74. The van der Waals surface area contributed by atoms with Gasteiger partial charge in [-0.3, -0.25) is 0 Å². The lowest BCUT2D eigenvalue weighted by molar-refractivity contribution is 1.17. The summed E-state index contributed by atoms with van der Waals surface area (Å²) in [6.07, 6.45) is 0. The molecule has 0 saturated heterocycles. The summed E-state index contributed by atoms with van der Waals surface area (Å²) in [5, 5.41) is 7.41. The van der Waals surface area contributed by atoms with E-state index in [4.69, 9.17) is 8.22 Å². The predicted octanol–water partition coefficient (Wildman–Crippen LogP) is 12.6. The molecule has 0 aliphatic rings. The smallest absolute Gasteiger partial charge is 0.179 e. The fourth-order valence-electron chi connectivity index (χ4n) is 9.92. The Morgan fingerprint density at radius 2 is 0.730 bits per heavy atom. The monoisotopic (exact) mass is 828 g/mol. The highest BCUT2D eigenvalue weighted by Crippen LogP contribution is 2.44. The minimum Gasteiger partial charge on any atom is -0.309 e. The minimum atomic E-state index is -3.61. The summed E-state index contributed by atoms with van der Waals surface area (Å²) in [5.74, 6) is 0. The number of para-hydroxylation sites is 3. The van der Waals surface area contributed by atoms with Crippen molar-refractivity contribution >= 4 is 72.4 Å². The van der Waals surface area contributed by atoms with Gasteiger partial charge in [0.25, 0.3) is 0 Å². The van der Waals surface area contributed by atoms with Gasteiger partial charge in [-0.15, -0.1) is 0 Å². The molecule has 0 bridgehead atoms. The molecule has 10 aromatic carbocycles. The van der Waals surface area contributed by atoms with Gasteiger partial charge >= 0.3 is 0 Å². The third-order valence-electron chi connectivity index (χ3n) is 12.4. The van der Waals surface area contributed by atoms with Crippen LogP contribution in [0.2, 0.25) is 0 Å². The van der Waals surface area contributed by atoms with Crippen molar-refractivity contribution in [2.75, 3.05) is 0 Å². The summed E-state index contributed by atoms with van der Waals surface area (Å²) >= 11 is 0. The maximum Gasteiger partial charge on any atom is 0.179 e. The Kier molecular flexibility index (Phi) is 6.69. The van der Waals surface area contributed by atoms with Gasteiger partial charge in [0.15, 0.2) is 8.07 Å². The van der Waals surface area contributed by atoms with Gasteiger partial charge in [0.05, 0.1) is 47.1 Å². The van der Waals surface area contributed by atoms with Gasteiger partial charge in [-0.25, -0.2) is 0 Å². The van der Waals surface area contributed by atoms with E-state index < -0.39 is 68.5 Å². The van der Waals surface area contributed by atoms with Crippen molar-refractivity contribution in [3.05, 3.63) is 255 Å². The first-order valence-electron chi connectivity index (χ1n) is 26.0. The molecule has 0 unspecified atom stereocenters. The van der Waals surface area contributed by atoms with E-state index in [1.807, 2.05) is 132 Å². The number of hydrogen-bond donors (Lipinski definition) is 0. The normalized spacial score (nSPS) is 14.0. The van der Waals surface area contributed by atoms with E-state index >= 15 is 0 Å². The van der Waals surface area contributed by atoms with Gasteiger partial charge in [0.1, 0.15) is 0 Å². The molecule has 2 heterocycles. The van der Waals surface area contributed by atoms with E-state index in [1.165, 1.54) is 0 Å². The van der Waals surface area contributed by atoms with Gasteiger partial charge in [0, 0.05) is 32.7 Å². The minimum absolute atomic E-state index is 0.0990. The molecule has 0 spiro atoms. The van der Waals surface area contributed by atoms with Crippen molar-refractivity contribution in [1.82, 2.24) is 9.13 Å². The number of hydrogen-bond acceptors (Lipinski definition) is 0. The molecule has 0 fully saturated rings. The van der Waals surface area contributed by atoms with E-state index in [2.05, 4.69) is 71.3 Å². The highest BCUT2D eigenvalue weighted by atomic mass is 28.3. The molecule has 296 valence electrons. The lowest BCUT2D eigenvalue weighted by Crippen LogP contribution is -2.74. The predicted molar refractivity (Wildman–Crippen MR) is 270 cm³/mol. The first-order chi connectivity index (χ1) is 35.4. The van der Waals surface area contributed by atoms with Crippen molar-refractivity contribution < 1.29 is 13.7 Å². The Morgan fingerprint density at radius 1 is 0.333 bits per heavy atom. The molecule has 0 aliphatic carbocycles. The van der Waals surface area contributed by atoms with Gasteiger partial charge in [-0.1, -0.05) is 224 Å². The summed E-state index contributed by atoms with van der Waals surface area (Å²) < 4.78 is 97.4. The van der Waals surface area contributed by atoms with Gasteiger partial charge in [-0.05, 0) is 62.2 Å².